The van der Waals surface area contributed by atoms with Crippen molar-refractivity contribution in [3.05, 3.63) is 17.6 Å². The zero-order valence-corrected chi connectivity index (χ0v) is 16.1. The number of carbonyl (C=O) groups excluding carboxylic acids is 1. The van der Waals surface area contributed by atoms with Crippen LogP contribution in [0.4, 0.5) is 5.82 Å². The molecule has 142 valence electrons. The Hall–Kier alpha value is -1.69. The van der Waals surface area contributed by atoms with E-state index in [2.05, 4.69) is 33.1 Å². The van der Waals surface area contributed by atoms with Gasteiger partial charge in [0.05, 0.1) is 0 Å². The van der Waals surface area contributed by atoms with Gasteiger partial charge in [0.2, 0.25) is 5.91 Å². The largest absolute Gasteiger partial charge is 0.356 e. The molecule has 0 saturated carbocycles. The molecule has 0 aliphatic carbocycles. The van der Waals surface area contributed by atoms with Crippen molar-refractivity contribution in [1.29, 1.82) is 0 Å². The second-order valence-corrected chi connectivity index (χ2v) is 8.07. The SMILES string of the molecule is CCCc1cc(N2CCC(N3[C@@H]4CC[C@H]3CC(=O)NC4)CC2)nc(C)n1. The molecule has 4 rings (SSSR count). The summed E-state index contributed by atoms with van der Waals surface area (Å²) in [6, 6.07) is 3.78. The van der Waals surface area contributed by atoms with E-state index >= 15 is 0 Å². The fourth-order valence-corrected chi connectivity index (χ4v) is 5.06. The number of rotatable bonds is 4. The molecule has 0 unspecified atom stereocenters. The molecule has 2 atom stereocenters. The molecule has 4 heterocycles. The Kier molecular flexibility index (Phi) is 5.11. The first-order valence-corrected chi connectivity index (χ1v) is 10.3. The number of hydrogen-bond donors (Lipinski definition) is 1. The van der Waals surface area contributed by atoms with Crippen LogP contribution in [0.5, 0.6) is 0 Å². The molecule has 1 aromatic heterocycles. The van der Waals surface area contributed by atoms with E-state index in [9.17, 15) is 4.79 Å². The number of anilines is 1. The number of aryl methyl sites for hydroxylation is 2. The van der Waals surface area contributed by atoms with Crippen molar-refractivity contribution in [3.63, 3.8) is 0 Å². The number of piperidine rings is 1. The zero-order chi connectivity index (χ0) is 18.1. The molecule has 0 aromatic carbocycles. The molecule has 6 heteroatoms. The Bertz CT molecular complexity index is 656. The maximum Gasteiger partial charge on any atom is 0.221 e. The molecule has 0 radical (unpaired) electrons. The highest BCUT2D eigenvalue weighted by atomic mass is 16.1. The monoisotopic (exact) mass is 357 g/mol. The van der Waals surface area contributed by atoms with Crippen LogP contribution >= 0.6 is 0 Å². The molecule has 3 aliphatic heterocycles. The van der Waals surface area contributed by atoms with E-state index in [1.54, 1.807) is 0 Å². The summed E-state index contributed by atoms with van der Waals surface area (Å²) >= 11 is 0. The molecule has 3 saturated heterocycles. The van der Waals surface area contributed by atoms with Crippen LogP contribution in [0.1, 0.15) is 57.0 Å². The third-order valence-corrected chi connectivity index (χ3v) is 6.23. The number of nitrogens with one attached hydrogen (secondary N) is 1. The lowest BCUT2D eigenvalue weighted by Gasteiger charge is -2.41. The number of aromatic nitrogens is 2. The lowest BCUT2D eigenvalue weighted by molar-refractivity contribution is -0.121. The molecule has 6 nitrogen and oxygen atoms in total. The van der Waals surface area contributed by atoms with Gasteiger partial charge < -0.3 is 10.2 Å². The van der Waals surface area contributed by atoms with E-state index in [0.29, 0.717) is 24.5 Å². The summed E-state index contributed by atoms with van der Waals surface area (Å²) in [5.41, 5.74) is 1.16. The molecule has 26 heavy (non-hydrogen) atoms. The van der Waals surface area contributed by atoms with Gasteiger partial charge in [-0.15, -0.1) is 0 Å². The van der Waals surface area contributed by atoms with Crippen LogP contribution < -0.4 is 10.2 Å². The third kappa shape index (κ3) is 3.56. The van der Waals surface area contributed by atoms with E-state index in [1.165, 1.54) is 12.8 Å². The second-order valence-electron chi connectivity index (χ2n) is 8.07. The number of amides is 1. The molecule has 1 N–H and O–H groups in total. The molecule has 3 fully saturated rings. The highest BCUT2D eigenvalue weighted by Crippen LogP contribution is 2.34. The average Bonchev–Trinajstić information content (AvgIpc) is 2.93. The van der Waals surface area contributed by atoms with Crippen molar-refractivity contribution >= 4 is 11.7 Å². The van der Waals surface area contributed by atoms with Gasteiger partial charge >= 0.3 is 0 Å². The minimum absolute atomic E-state index is 0.236. The van der Waals surface area contributed by atoms with E-state index in [0.717, 1.165) is 62.7 Å². The molecule has 2 bridgehead atoms. The van der Waals surface area contributed by atoms with Crippen LogP contribution in [-0.4, -0.2) is 58.5 Å². The van der Waals surface area contributed by atoms with Gasteiger partial charge in [-0.25, -0.2) is 9.97 Å². The summed E-state index contributed by atoms with van der Waals surface area (Å²) in [7, 11) is 0. The summed E-state index contributed by atoms with van der Waals surface area (Å²) in [6.45, 7) is 7.11. The molecule has 0 spiro atoms. The lowest BCUT2D eigenvalue weighted by Crippen LogP contribution is -2.50. The Morgan fingerprint density at radius 2 is 1.88 bits per heavy atom. The number of nitrogens with zero attached hydrogens (tertiary/aromatic N) is 4. The van der Waals surface area contributed by atoms with Crippen molar-refractivity contribution in [2.24, 2.45) is 0 Å². The topological polar surface area (TPSA) is 61.4 Å². The Balaban J connectivity index is 1.42. The van der Waals surface area contributed by atoms with Crippen molar-refractivity contribution in [2.45, 2.75) is 76.9 Å². The lowest BCUT2D eigenvalue weighted by atomic mass is 10.0. The van der Waals surface area contributed by atoms with Crippen molar-refractivity contribution in [3.8, 4) is 0 Å². The predicted molar refractivity (Wildman–Crippen MR) is 102 cm³/mol. The van der Waals surface area contributed by atoms with Crippen LogP contribution in [0, 0.1) is 6.92 Å². The van der Waals surface area contributed by atoms with Gasteiger partial charge in [0.1, 0.15) is 11.6 Å². The molecule has 3 aliphatic rings. The first-order valence-electron chi connectivity index (χ1n) is 10.3. The van der Waals surface area contributed by atoms with Gasteiger partial charge in [0, 0.05) is 55.9 Å². The fraction of sp³-hybridized carbons (Fsp3) is 0.750. The molecular weight excluding hydrogens is 326 g/mol. The Labute approximate surface area is 156 Å². The second kappa shape index (κ2) is 7.51. The van der Waals surface area contributed by atoms with Gasteiger partial charge in [-0.1, -0.05) is 13.3 Å². The van der Waals surface area contributed by atoms with Gasteiger partial charge in [0.15, 0.2) is 0 Å². The maximum atomic E-state index is 11.9. The standard InChI is InChI=1S/C20H31N5O/c1-3-4-15-11-19(23-14(2)22-15)24-9-7-16(8-10-24)25-17-5-6-18(25)13-21-20(26)12-17/h11,16-18H,3-10,12-13H2,1-2H3,(H,21,26)/t17-,18+/m0/s1. The van der Waals surface area contributed by atoms with E-state index in [-0.39, 0.29) is 5.91 Å². The fourth-order valence-electron chi connectivity index (χ4n) is 5.06. The normalized spacial score (nSPS) is 27.5. The Morgan fingerprint density at radius 3 is 2.65 bits per heavy atom. The van der Waals surface area contributed by atoms with Crippen LogP contribution in [0.3, 0.4) is 0 Å². The van der Waals surface area contributed by atoms with Crippen molar-refractivity contribution in [1.82, 2.24) is 20.2 Å². The molecular formula is C20H31N5O. The van der Waals surface area contributed by atoms with E-state index in [1.807, 2.05) is 6.92 Å². The van der Waals surface area contributed by atoms with Gasteiger partial charge in [-0.3, -0.25) is 9.69 Å². The number of carbonyl (C=O) groups is 1. The van der Waals surface area contributed by atoms with Gasteiger partial charge in [0.25, 0.3) is 0 Å². The van der Waals surface area contributed by atoms with Gasteiger partial charge in [-0.2, -0.15) is 0 Å². The zero-order valence-electron chi connectivity index (χ0n) is 16.1. The highest BCUT2D eigenvalue weighted by Gasteiger charge is 2.41. The van der Waals surface area contributed by atoms with E-state index in [4.69, 9.17) is 4.98 Å². The predicted octanol–water partition coefficient (Wildman–Crippen LogP) is 2.06. The first-order chi connectivity index (χ1) is 12.6. The summed E-state index contributed by atoms with van der Waals surface area (Å²) < 4.78 is 0. The Morgan fingerprint density at radius 1 is 1.12 bits per heavy atom. The minimum atomic E-state index is 0.236. The summed E-state index contributed by atoms with van der Waals surface area (Å²) in [6.07, 6.45) is 7.55. The summed E-state index contributed by atoms with van der Waals surface area (Å²) in [5.74, 6) is 2.21. The average molecular weight is 358 g/mol. The molecule has 1 amide bonds. The quantitative estimate of drug-likeness (QED) is 0.894. The van der Waals surface area contributed by atoms with Gasteiger partial charge in [-0.05, 0) is 39.0 Å². The van der Waals surface area contributed by atoms with Crippen molar-refractivity contribution < 1.29 is 4.79 Å². The van der Waals surface area contributed by atoms with Crippen LogP contribution in [0.15, 0.2) is 6.07 Å². The number of hydrogen-bond acceptors (Lipinski definition) is 5. The van der Waals surface area contributed by atoms with Crippen LogP contribution in [-0.2, 0) is 11.2 Å². The summed E-state index contributed by atoms with van der Waals surface area (Å²) in [5, 5.41) is 3.10. The number of fused-ring (bicyclic) bond motifs is 2. The van der Waals surface area contributed by atoms with Crippen LogP contribution in [0.25, 0.3) is 0 Å². The maximum absolute atomic E-state index is 11.9. The van der Waals surface area contributed by atoms with E-state index < -0.39 is 0 Å². The smallest absolute Gasteiger partial charge is 0.221 e. The third-order valence-electron chi connectivity index (χ3n) is 6.23. The van der Waals surface area contributed by atoms with Crippen LogP contribution in [0.2, 0.25) is 0 Å². The van der Waals surface area contributed by atoms with Crippen molar-refractivity contribution in [2.75, 3.05) is 24.5 Å². The first kappa shape index (κ1) is 17.7. The minimum Gasteiger partial charge on any atom is -0.356 e. The highest BCUT2D eigenvalue weighted by molar-refractivity contribution is 5.77. The molecule has 1 aromatic rings. The summed E-state index contributed by atoms with van der Waals surface area (Å²) in [4.78, 5) is 26.3.